The van der Waals surface area contributed by atoms with Crippen molar-refractivity contribution in [1.82, 2.24) is 10.2 Å². The van der Waals surface area contributed by atoms with Gasteiger partial charge in [0.05, 0.1) is 0 Å². The number of nitrogens with zero attached hydrogens (tertiary/aromatic N) is 1. The first kappa shape index (κ1) is 21.8. The molecule has 29 heavy (non-hydrogen) atoms. The van der Waals surface area contributed by atoms with E-state index in [0.717, 1.165) is 45.2 Å². The number of hydrogen-bond donors (Lipinski definition) is 1. The quantitative estimate of drug-likeness (QED) is 0.280. The average Bonchev–Trinajstić information content (AvgIpc) is 2.75. The summed E-state index contributed by atoms with van der Waals surface area (Å²) in [5, 5.41) is 5.36. The zero-order chi connectivity index (χ0) is 20.8. The number of benzene rings is 2. The minimum absolute atomic E-state index is 0.0637. The second kappa shape index (κ2) is 10.2. The Bertz CT molecular complexity index is 1060. The van der Waals surface area contributed by atoms with E-state index in [-0.39, 0.29) is 21.2 Å². The molecule has 0 aliphatic carbocycles. The number of amides is 1. The molecular formula is C22H26AsN2O3S. The van der Waals surface area contributed by atoms with Crippen molar-refractivity contribution in [3.05, 3.63) is 46.1 Å². The standard InChI is InChI=1S/C22H26AsN2O3S/c1-4-25(5-2)11-10-23-18-8-6-15(13-24-14-26)22-20(18)21(27)17-12-16(28-3)7-9-19(17)29-22/h6-9,12,14H,4-5,10-11,13H2,1-3H3,(H,24,26). The van der Waals surface area contributed by atoms with Crippen LogP contribution in [0.25, 0.3) is 20.2 Å². The van der Waals surface area contributed by atoms with Gasteiger partial charge in [0, 0.05) is 0 Å². The van der Waals surface area contributed by atoms with Crippen LogP contribution in [-0.4, -0.2) is 53.8 Å². The van der Waals surface area contributed by atoms with E-state index in [9.17, 15) is 9.59 Å². The number of ether oxygens (including phenoxy) is 1. The molecular weight excluding hydrogens is 447 g/mol. The third-order valence-corrected chi connectivity index (χ3v) is 8.69. The van der Waals surface area contributed by atoms with Crippen molar-refractivity contribution in [3.8, 4) is 5.75 Å². The van der Waals surface area contributed by atoms with Crippen molar-refractivity contribution >= 4 is 58.0 Å². The first-order valence-electron chi connectivity index (χ1n) is 9.76. The number of fused-ring (bicyclic) bond motifs is 2. The molecule has 0 fully saturated rings. The van der Waals surface area contributed by atoms with Crippen LogP contribution in [0.15, 0.2) is 35.1 Å². The van der Waals surface area contributed by atoms with Crippen LogP contribution >= 0.6 is 11.3 Å². The number of rotatable bonds is 10. The zero-order valence-electron chi connectivity index (χ0n) is 17.0. The molecule has 0 atom stereocenters. The summed E-state index contributed by atoms with van der Waals surface area (Å²) in [5.41, 5.74) is 1.05. The molecule has 3 aromatic rings. The van der Waals surface area contributed by atoms with Gasteiger partial charge in [-0.2, -0.15) is 0 Å². The van der Waals surface area contributed by atoms with Gasteiger partial charge in [-0.15, -0.1) is 0 Å². The van der Waals surface area contributed by atoms with Crippen molar-refractivity contribution in [2.45, 2.75) is 25.6 Å². The van der Waals surface area contributed by atoms with Crippen molar-refractivity contribution in [2.75, 3.05) is 26.7 Å². The van der Waals surface area contributed by atoms with Crippen LogP contribution in [0.5, 0.6) is 5.75 Å². The van der Waals surface area contributed by atoms with Gasteiger partial charge in [0.25, 0.3) is 0 Å². The van der Waals surface area contributed by atoms with Crippen molar-refractivity contribution < 1.29 is 9.53 Å². The second-order valence-electron chi connectivity index (χ2n) is 6.65. The van der Waals surface area contributed by atoms with E-state index in [1.165, 1.54) is 4.35 Å². The van der Waals surface area contributed by atoms with Gasteiger partial charge in [0.2, 0.25) is 0 Å². The van der Waals surface area contributed by atoms with Crippen LogP contribution in [0.4, 0.5) is 0 Å². The van der Waals surface area contributed by atoms with Gasteiger partial charge < -0.3 is 0 Å². The van der Waals surface area contributed by atoms with Crippen LogP contribution < -0.4 is 19.8 Å². The molecule has 1 amide bonds. The fraction of sp³-hybridized carbons (Fsp3) is 0.364. The predicted molar refractivity (Wildman–Crippen MR) is 123 cm³/mol. The van der Waals surface area contributed by atoms with Crippen LogP contribution in [0.2, 0.25) is 5.21 Å². The molecule has 153 valence electrons. The first-order valence-corrected chi connectivity index (χ1v) is 12.8. The molecule has 7 heteroatoms. The van der Waals surface area contributed by atoms with E-state index in [2.05, 4.69) is 36.2 Å². The Labute approximate surface area is 181 Å². The molecule has 5 nitrogen and oxygen atoms in total. The van der Waals surface area contributed by atoms with Gasteiger partial charge in [0.1, 0.15) is 0 Å². The predicted octanol–water partition coefficient (Wildman–Crippen LogP) is 2.76. The molecule has 0 spiro atoms. The van der Waals surface area contributed by atoms with Gasteiger partial charge in [0.15, 0.2) is 0 Å². The van der Waals surface area contributed by atoms with E-state index < -0.39 is 0 Å². The Hall–Kier alpha value is -1.88. The Balaban J connectivity index is 2.11. The average molecular weight is 473 g/mol. The molecule has 1 radical (unpaired) electrons. The molecule has 0 saturated heterocycles. The number of hydrogen-bond acceptors (Lipinski definition) is 5. The SMILES string of the molecule is CCN(CC)CC[As]c1ccc(CNC=O)c2sc3ccc(OC)cc3c(=O)c12. The number of carbonyl (C=O) groups excluding carboxylic acids is 1. The van der Waals surface area contributed by atoms with E-state index in [0.29, 0.717) is 24.1 Å². The Morgan fingerprint density at radius 2 is 2.00 bits per heavy atom. The van der Waals surface area contributed by atoms with Gasteiger partial charge in [-0.25, -0.2) is 0 Å². The Morgan fingerprint density at radius 1 is 1.21 bits per heavy atom. The summed E-state index contributed by atoms with van der Waals surface area (Å²) in [7, 11) is 1.61. The van der Waals surface area contributed by atoms with E-state index in [4.69, 9.17) is 4.74 Å². The van der Waals surface area contributed by atoms with E-state index in [1.807, 2.05) is 18.2 Å². The normalized spacial score (nSPS) is 11.7. The zero-order valence-corrected chi connectivity index (χ0v) is 19.7. The maximum atomic E-state index is 13.5. The summed E-state index contributed by atoms with van der Waals surface area (Å²) in [6.07, 6.45) is 0.699. The van der Waals surface area contributed by atoms with E-state index in [1.54, 1.807) is 18.4 Å². The Kier molecular flexibility index (Phi) is 7.70. The van der Waals surface area contributed by atoms with Crippen molar-refractivity contribution in [2.24, 2.45) is 0 Å². The molecule has 1 aromatic heterocycles. The summed E-state index contributed by atoms with van der Waals surface area (Å²) in [6, 6.07) is 9.81. The molecule has 0 unspecified atom stereocenters. The van der Waals surface area contributed by atoms with E-state index >= 15 is 0 Å². The summed E-state index contributed by atoms with van der Waals surface area (Å²) in [5.74, 6) is 0.691. The van der Waals surface area contributed by atoms with Gasteiger partial charge in [-0.3, -0.25) is 0 Å². The number of methoxy groups -OCH3 is 1. The molecule has 0 aliphatic heterocycles. The fourth-order valence-corrected chi connectivity index (χ4v) is 7.20. The minimum atomic E-state index is -0.120. The molecule has 0 bridgehead atoms. The van der Waals surface area contributed by atoms with Crippen LogP contribution in [-0.2, 0) is 11.3 Å². The van der Waals surface area contributed by atoms with Gasteiger partial charge in [-0.1, -0.05) is 0 Å². The summed E-state index contributed by atoms with van der Waals surface area (Å²) >= 11 is 1.50. The molecule has 1 N–H and O–H groups in total. The molecule has 1 heterocycles. The van der Waals surface area contributed by atoms with Crippen LogP contribution in [0, 0.1) is 0 Å². The van der Waals surface area contributed by atoms with Crippen molar-refractivity contribution in [3.63, 3.8) is 0 Å². The fourth-order valence-electron chi connectivity index (χ4n) is 3.37. The molecule has 2 aromatic carbocycles. The number of nitrogens with one attached hydrogen (secondary N) is 1. The number of carbonyl (C=O) groups is 1. The van der Waals surface area contributed by atoms with Crippen LogP contribution in [0.1, 0.15) is 19.4 Å². The van der Waals surface area contributed by atoms with Crippen molar-refractivity contribution in [1.29, 1.82) is 0 Å². The third-order valence-electron chi connectivity index (χ3n) is 5.06. The second-order valence-corrected chi connectivity index (χ2v) is 10.3. The topological polar surface area (TPSA) is 58.6 Å². The summed E-state index contributed by atoms with van der Waals surface area (Å²) in [6.45, 7) is 7.94. The summed E-state index contributed by atoms with van der Waals surface area (Å²) in [4.78, 5) is 26.7. The molecule has 0 aliphatic rings. The van der Waals surface area contributed by atoms with Gasteiger partial charge >= 0.3 is 182 Å². The van der Waals surface area contributed by atoms with Crippen LogP contribution in [0.3, 0.4) is 0 Å². The summed E-state index contributed by atoms with van der Waals surface area (Å²) < 4.78 is 8.42. The molecule has 3 rings (SSSR count). The Morgan fingerprint density at radius 3 is 2.69 bits per heavy atom. The monoisotopic (exact) mass is 473 g/mol. The van der Waals surface area contributed by atoms with Gasteiger partial charge in [-0.05, 0) is 0 Å². The molecule has 0 saturated carbocycles. The first-order chi connectivity index (χ1) is 14.1. The maximum absolute atomic E-state index is 13.5. The third kappa shape index (κ3) is 4.82.